The van der Waals surface area contributed by atoms with Crippen LogP contribution < -0.4 is 0 Å². The highest BCUT2D eigenvalue weighted by atomic mass is 32.2. The maximum absolute atomic E-state index is 11.6. The number of hydrogen-bond donors (Lipinski definition) is 0. The van der Waals surface area contributed by atoms with E-state index < -0.39 is 9.84 Å². The standard InChI is InChI=1S/C14H22N2O2S/c1-3-12-5-6-13(15-9-12)10-16(4-2)14-7-8-19(17,18)11-14/h5-6,9,14H,3-4,7-8,10-11H2,1-2H3/t14-/m0/s1. The van der Waals surface area contributed by atoms with E-state index in [1.165, 1.54) is 5.56 Å². The van der Waals surface area contributed by atoms with Gasteiger partial charge in [-0.1, -0.05) is 19.9 Å². The second kappa shape index (κ2) is 6.01. The first-order valence-electron chi connectivity index (χ1n) is 6.92. The predicted octanol–water partition coefficient (Wildman–Crippen LogP) is 1.65. The average molecular weight is 282 g/mol. The van der Waals surface area contributed by atoms with Crippen molar-refractivity contribution in [1.29, 1.82) is 0 Å². The molecule has 1 atom stereocenters. The van der Waals surface area contributed by atoms with Crippen LogP contribution in [-0.4, -0.2) is 42.4 Å². The molecule has 0 bridgehead atoms. The van der Waals surface area contributed by atoms with E-state index >= 15 is 0 Å². The molecule has 19 heavy (non-hydrogen) atoms. The molecule has 5 heteroatoms. The molecule has 1 aliphatic heterocycles. The Morgan fingerprint density at radius 3 is 2.63 bits per heavy atom. The van der Waals surface area contributed by atoms with Crippen molar-refractivity contribution in [3.05, 3.63) is 29.6 Å². The van der Waals surface area contributed by atoms with Gasteiger partial charge >= 0.3 is 0 Å². The minimum absolute atomic E-state index is 0.155. The number of nitrogens with zero attached hydrogens (tertiary/aromatic N) is 2. The Kier molecular flexibility index (Phi) is 4.58. The first-order chi connectivity index (χ1) is 9.04. The van der Waals surface area contributed by atoms with Crippen LogP contribution in [-0.2, 0) is 22.8 Å². The van der Waals surface area contributed by atoms with Crippen LogP contribution in [0.15, 0.2) is 18.3 Å². The summed E-state index contributed by atoms with van der Waals surface area (Å²) in [6.45, 7) is 5.78. The van der Waals surface area contributed by atoms with E-state index in [-0.39, 0.29) is 6.04 Å². The summed E-state index contributed by atoms with van der Waals surface area (Å²) >= 11 is 0. The quantitative estimate of drug-likeness (QED) is 0.824. The van der Waals surface area contributed by atoms with Crippen molar-refractivity contribution in [2.75, 3.05) is 18.1 Å². The van der Waals surface area contributed by atoms with Crippen molar-refractivity contribution < 1.29 is 8.42 Å². The van der Waals surface area contributed by atoms with Crippen LogP contribution in [0.1, 0.15) is 31.5 Å². The fourth-order valence-electron chi connectivity index (χ4n) is 2.53. The lowest BCUT2D eigenvalue weighted by molar-refractivity contribution is 0.212. The third-order valence-electron chi connectivity index (χ3n) is 3.79. The van der Waals surface area contributed by atoms with Crippen molar-refractivity contribution >= 4 is 9.84 Å². The van der Waals surface area contributed by atoms with Gasteiger partial charge in [0.2, 0.25) is 0 Å². The zero-order valence-electron chi connectivity index (χ0n) is 11.7. The van der Waals surface area contributed by atoms with E-state index in [1.807, 2.05) is 12.3 Å². The molecule has 0 unspecified atom stereocenters. The van der Waals surface area contributed by atoms with Gasteiger partial charge < -0.3 is 0 Å². The van der Waals surface area contributed by atoms with Gasteiger partial charge in [-0.3, -0.25) is 9.88 Å². The smallest absolute Gasteiger partial charge is 0.151 e. The lowest BCUT2D eigenvalue weighted by Gasteiger charge is -2.26. The van der Waals surface area contributed by atoms with E-state index in [4.69, 9.17) is 0 Å². The molecular weight excluding hydrogens is 260 g/mol. The average Bonchev–Trinajstić information content (AvgIpc) is 2.77. The maximum Gasteiger partial charge on any atom is 0.151 e. The second-order valence-corrected chi connectivity index (χ2v) is 7.36. The molecule has 106 valence electrons. The molecule has 0 radical (unpaired) electrons. The van der Waals surface area contributed by atoms with E-state index in [0.717, 1.165) is 31.6 Å². The number of rotatable bonds is 5. The molecule has 0 aliphatic carbocycles. The van der Waals surface area contributed by atoms with Gasteiger partial charge in [0.15, 0.2) is 9.84 Å². The van der Waals surface area contributed by atoms with Gasteiger partial charge in [0.05, 0.1) is 17.2 Å². The number of aromatic nitrogens is 1. The van der Waals surface area contributed by atoms with Crippen LogP contribution in [0.4, 0.5) is 0 Å². The van der Waals surface area contributed by atoms with Crippen molar-refractivity contribution in [3.63, 3.8) is 0 Å². The number of hydrogen-bond acceptors (Lipinski definition) is 4. The van der Waals surface area contributed by atoms with Crippen LogP contribution in [0.5, 0.6) is 0 Å². The second-order valence-electron chi connectivity index (χ2n) is 5.13. The first-order valence-corrected chi connectivity index (χ1v) is 8.74. The zero-order chi connectivity index (χ0) is 13.9. The third-order valence-corrected chi connectivity index (χ3v) is 5.54. The van der Waals surface area contributed by atoms with Crippen molar-refractivity contribution in [2.45, 2.75) is 39.3 Å². The lowest BCUT2D eigenvalue weighted by atomic mass is 10.2. The molecule has 0 N–H and O–H groups in total. The summed E-state index contributed by atoms with van der Waals surface area (Å²) in [5.74, 6) is 0.629. The Hall–Kier alpha value is -0.940. The monoisotopic (exact) mass is 282 g/mol. The molecule has 1 aromatic heterocycles. The van der Waals surface area contributed by atoms with E-state index in [0.29, 0.717) is 11.5 Å². The van der Waals surface area contributed by atoms with Crippen LogP contribution >= 0.6 is 0 Å². The van der Waals surface area contributed by atoms with Gasteiger partial charge in [-0.2, -0.15) is 0 Å². The maximum atomic E-state index is 11.6. The highest BCUT2D eigenvalue weighted by Crippen LogP contribution is 2.19. The summed E-state index contributed by atoms with van der Waals surface area (Å²) in [6, 6.07) is 4.30. The normalized spacial score (nSPS) is 21.9. The number of pyridine rings is 1. The van der Waals surface area contributed by atoms with Crippen molar-refractivity contribution in [1.82, 2.24) is 9.88 Å². The Bertz CT molecular complexity index is 511. The van der Waals surface area contributed by atoms with Crippen LogP contribution in [0.25, 0.3) is 0 Å². The summed E-state index contributed by atoms with van der Waals surface area (Å²) in [5.41, 5.74) is 2.25. The summed E-state index contributed by atoms with van der Waals surface area (Å²) in [7, 11) is -2.82. The molecule has 4 nitrogen and oxygen atoms in total. The van der Waals surface area contributed by atoms with E-state index in [2.05, 4.69) is 29.8 Å². The molecule has 0 aromatic carbocycles. The molecule has 2 rings (SSSR count). The minimum Gasteiger partial charge on any atom is -0.294 e. The minimum atomic E-state index is -2.82. The zero-order valence-corrected chi connectivity index (χ0v) is 12.5. The molecule has 1 fully saturated rings. The molecular formula is C14H22N2O2S. The summed E-state index contributed by atoms with van der Waals surface area (Å²) < 4.78 is 23.1. The SMILES string of the molecule is CCc1ccc(CN(CC)[C@H]2CCS(=O)(=O)C2)nc1. The highest BCUT2D eigenvalue weighted by Gasteiger charge is 2.31. The molecule has 0 spiro atoms. The number of sulfone groups is 1. The first kappa shape index (κ1) is 14.5. The van der Waals surface area contributed by atoms with Crippen LogP contribution in [0.2, 0.25) is 0 Å². The number of aryl methyl sites for hydroxylation is 1. The van der Waals surface area contributed by atoms with Crippen molar-refractivity contribution in [2.24, 2.45) is 0 Å². The molecule has 0 amide bonds. The summed E-state index contributed by atoms with van der Waals surface area (Å²) in [6.07, 6.45) is 3.66. The largest absolute Gasteiger partial charge is 0.294 e. The molecule has 1 aromatic rings. The van der Waals surface area contributed by atoms with Crippen molar-refractivity contribution in [3.8, 4) is 0 Å². The topological polar surface area (TPSA) is 50.3 Å². The van der Waals surface area contributed by atoms with Gasteiger partial charge in [-0.15, -0.1) is 0 Å². The fourth-order valence-corrected chi connectivity index (χ4v) is 4.29. The van der Waals surface area contributed by atoms with Gasteiger partial charge in [0.1, 0.15) is 0 Å². The van der Waals surface area contributed by atoms with Gasteiger partial charge in [0.25, 0.3) is 0 Å². The predicted molar refractivity (Wildman–Crippen MR) is 76.8 cm³/mol. The Morgan fingerprint density at radius 1 is 1.37 bits per heavy atom. The molecule has 1 aliphatic rings. The lowest BCUT2D eigenvalue weighted by Crippen LogP contribution is -2.35. The Morgan fingerprint density at radius 2 is 2.16 bits per heavy atom. The highest BCUT2D eigenvalue weighted by molar-refractivity contribution is 7.91. The Balaban J connectivity index is 2.02. The molecule has 2 heterocycles. The molecule has 0 saturated carbocycles. The molecule has 1 saturated heterocycles. The van der Waals surface area contributed by atoms with Crippen LogP contribution in [0.3, 0.4) is 0 Å². The third kappa shape index (κ3) is 3.76. The van der Waals surface area contributed by atoms with E-state index in [9.17, 15) is 8.42 Å². The van der Waals surface area contributed by atoms with Gasteiger partial charge in [0, 0.05) is 18.8 Å². The van der Waals surface area contributed by atoms with Gasteiger partial charge in [-0.05, 0) is 31.0 Å². The summed E-state index contributed by atoms with van der Waals surface area (Å²) in [5, 5.41) is 0. The fraction of sp³-hybridized carbons (Fsp3) is 0.643. The van der Waals surface area contributed by atoms with E-state index in [1.54, 1.807) is 0 Å². The van der Waals surface area contributed by atoms with Gasteiger partial charge in [-0.25, -0.2) is 8.42 Å². The summed E-state index contributed by atoms with van der Waals surface area (Å²) in [4.78, 5) is 6.67. The Labute approximate surface area is 115 Å². The van der Waals surface area contributed by atoms with Crippen LogP contribution in [0, 0.1) is 0 Å².